The number of carbonyl (C=O) groups is 1. The molecule has 5 nitrogen and oxygen atoms in total. The zero-order valence-electron chi connectivity index (χ0n) is 15.2. The van der Waals surface area contributed by atoms with Crippen LogP contribution in [0.5, 0.6) is 5.75 Å². The first-order valence-electron chi connectivity index (χ1n) is 9.06. The maximum atomic E-state index is 13.6. The number of benzene rings is 2. The number of aromatic amines is 1. The van der Waals surface area contributed by atoms with Crippen molar-refractivity contribution in [2.45, 2.75) is 6.54 Å². The molecule has 0 saturated carbocycles. The average Bonchev–Trinajstić information content (AvgIpc) is 3.12. The molecule has 1 fully saturated rings. The number of fused-ring (bicyclic) bond motifs is 1. The summed E-state index contributed by atoms with van der Waals surface area (Å²) in [6.45, 7) is 3.38. The molecule has 1 amide bonds. The number of halogens is 1. The molecule has 1 saturated heterocycles. The summed E-state index contributed by atoms with van der Waals surface area (Å²) in [5.74, 6) is 0.445. The molecular formula is C21H22FN3O2. The molecule has 1 aliphatic rings. The van der Waals surface area contributed by atoms with Gasteiger partial charge in [0.15, 0.2) is 0 Å². The van der Waals surface area contributed by atoms with Crippen molar-refractivity contribution in [3.05, 3.63) is 65.6 Å². The number of para-hydroxylation sites is 1. The van der Waals surface area contributed by atoms with Crippen molar-refractivity contribution < 1.29 is 13.9 Å². The fraction of sp³-hybridized carbons (Fsp3) is 0.286. The van der Waals surface area contributed by atoms with Gasteiger partial charge in [-0.15, -0.1) is 0 Å². The molecule has 3 aromatic rings. The lowest BCUT2D eigenvalue weighted by molar-refractivity contribution is 0.0622. The Labute approximate surface area is 157 Å². The summed E-state index contributed by atoms with van der Waals surface area (Å²) in [7, 11) is 1.59. The Morgan fingerprint density at radius 3 is 2.63 bits per heavy atom. The number of H-pyrrole nitrogens is 1. The first kappa shape index (κ1) is 17.5. The molecule has 140 valence electrons. The Bertz CT molecular complexity index is 928. The summed E-state index contributed by atoms with van der Waals surface area (Å²) >= 11 is 0. The number of hydrogen-bond acceptors (Lipinski definition) is 3. The molecule has 0 spiro atoms. The minimum Gasteiger partial charge on any atom is -0.496 e. The van der Waals surface area contributed by atoms with Gasteiger partial charge in [-0.25, -0.2) is 4.39 Å². The SMILES string of the molecule is COc1ccc(F)cc1CN1CCN(C(=O)c2cc3ccccc3[nH]2)CC1. The minimum atomic E-state index is -0.265. The lowest BCUT2D eigenvalue weighted by atomic mass is 10.1. The van der Waals surface area contributed by atoms with Gasteiger partial charge in [0.2, 0.25) is 0 Å². The maximum absolute atomic E-state index is 13.6. The average molecular weight is 367 g/mol. The van der Waals surface area contributed by atoms with E-state index in [0.29, 0.717) is 31.1 Å². The van der Waals surface area contributed by atoms with Crippen LogP contribution in [0.4, 0.5) is 4.39 Å². The summed E-state index contributed by atoms with van der Waals surface area (Å²) in [5, 5.41) is 1.04. The fourth-order valence-electron chi connectivity index (χ4n) is 3.58. The van der Waals surface area contributed by atoms with Gasteiger partial charge in [-0.3, -0.25) is 9.69 Å². The second kappa shape index (κ2) is 7.40. The Morgan fingerprint density at radius 2 is 1.89 bits per heavy atom. The number of methoxy groups -OCH3 is 1. The molecule has 2 aromatic carbocycles. The molecule has 1 N–H and O–H groups in total. The van der Waals surface area contributed by atoms with Gasteiger partial charge in [0.05, 0.1) is 7.11 Å². The van der Waals surface area contributed by atoms with Crippen molar-refractivity contribution in [1.82, 2.24) is 14.8 Å². The van der Waals surface area contributed by atoms with Gasteiger partial charge >= 0.3 is 0 Å². The number of rotatable bonds is 4. The molecule has 0 radical (unpaired) electrons. The standard InChI is InChI=1S/C21H22FN3O2/c1-27-20-7-6-17(22)12-16(20)14-24-8-10-25(11-9-24)21(26)19-13-15-4-2-3-5-18(15)23-19/h2-7,12-13,23H,8-11,14H2,1H3. The number of carbonyl (C=O) groups excluding carboxylic acids is 1. The lowest BCUT2D eigenvalue weighted by Gasteiger charge is -2.34. The highest BCUT2D eigenvalue weighted by molar-refractivity contribution is 5.98. The smallest absolute Gasteiger partial charge is 0.270 e. The van der Waals surface area contributed by atoms with Gasteiger partial charge in [-0.2, -0.15) is 0 Å². The molecule has 1 aliphatic heterocycles. The van der Waals surface area contributed by atoms with Crippen molar-refractivity contribution in [2.24, 2.45) is 0 Å². The monoisotopic (exact) mass is 367 g/mol. The van der Waals surface area contributed by atoms with Crippen molar-refractivity contribution in [2.75, 3.05) is 33.3 Å². The van der Waals surface area contributed by atoms with E-state index in [4.69, 9.17) is 4.74 Å². The van der Waals surface area contributed by atoms with E-state index < -0.39 is 0 Å². The first-order valence-corrected chi connectivity index (χ1v) is 9.06. The Hall–Kier alpha value is -2.86. The van der Waals surface area contributed by atoms with E-state index in [-0.39, 0.29) is 11.7 Å². The Balaban J connectivity index is 1.40. The third-order valence-corrected chi connectivity index (χ3v) is 5.06. The van der Waals surface area contributed by atoms with Gasteiger partial charge in [-0.1, -0.05) is 18.2 Å². The normalized spacial score (nSPS) is 15.3. The molecule has 0 unspecified atom stereocenters. The summed E-state index contributed by atoms with van der Waals surface area (Å²) in [6, 6.07) is 14.3. The number of hydrogen-bond donors (Lipinski definition) is 1. The highest BCUT2D eigenvalue weighted by atomic mass is 19.1. The molecule has 0 atom stereocenters. The highest BCUT2D eigenvalue weighted by Gasteiger charge is 2.24. The predicted octanol–water partition coefficient (Wildman–Crippen LogP) is 3.27. The minimum absolute atomic E-state index is 0.0224. The van der Waals surface area contributed by atoms with E-state index in [9.17, 15) is 9.18 Å². The summed E-state index contributed by atoms with van der Waals surface area (Å²) in [6.07, 6.45) is 0. The van der Waals surface area contributed by atoms with Gasteiger partial charge < -0.3 is 14.6 Å². The zero-order chi connectivity index (χ0) is 18.8. The molecule has 6 heteroatoms. The lowest BCUT2D eigenvalue weighted by Crippen LogP contribution is -2.48. The van der Waals surface area contributed by atoms with Crippen LogP contribution in [0.3, 0.4) is 0 Å². The van der Waals surface area contributed by atoms with Gasteiger partial charge in [-0.05, 0) is 30.3 Å². The largest absolute Gasteiger partial charge is 0.496 e. The van der Waals surface area contributed by atoms with Crippen LogP contribution in [0.2, 0.25) is 0 Å². The van der Waals surface area contributed by atoms with E-state index in [0.717, 1.165) is 29.6 Å². The number of nitrogens with zero attached hydrogens (tertiary/aromatic N) is 2. The number of amides is 1. The van der Waals surface area contributed by atoms with Crippen molar-refractivity contribution in [3.63, 3.8) is 0 Å². The summed E-state index contributed by atoms with van der Waals surface area (Å²) in [4.78, 5) is 20.1. The van der Waals surface area contributed by atoms with Gasteiger partial charge in [0, 0.05) is 49.2 Å². The molecule has 1 aromatic heterocycles. The Kier molecular flexibility index (Phi) is 4.81. The molecule has 0 bridgehead atoms. The van der Waals surface area contributed by atoms with Crippen LogP contribution >= 0.6 is 0 Å². The maximum Gasteiger partial charge on any atom is 0.270 e. The van der Waals surface area contributed by atoms with Crippen LogP contribution in [0, 0.1) is 5.82 Å². The number of nitrogens with one attached hydrogen (secondary N) is 1. The van der Waals surface area contributed by atoms with Crippen molar-refractivity contribution >= 4 is 16.8 Å². The van der Waals surface area contributed by atoms with Crippen LogP contribution in [-0.4, -0.2) is 54.0 Å². The van der Waals surface area contributed by atoms with Crippen LogP contribution in [0.25, 0.3) is 10.9 Å². The molecule has 0 aliphatic carbocycles. The third kappa shape index (κ3) is 3.66. The predicted molar refractivity (Wildman–Crippen MR) is 102 cm³/mol. The molecular weight excluding hydrogens is 345 g/mol. The number of piperazine rings is 1. The summed E-state index contributed by atoms with van der Waals surface area (Å²) < 4.78 is 18.9. The van der Waals surface area contributed by atoms with Crippen LogP contribution in [-0.2, 0) is 6.54 Å². The quantitative estimate of drug-likeness (QED) is 0.770. The van der Waals surface area contributed by atoms with Crippen LogP contribution in [0.15, 0.2) is 48.5 Å². The first-order chi connectivity index (χ1) is 13.1. The highest BCUT2D eigenvalue weighted by Crippen LogP contribution is 2.22. The van der Waals surface area contributed by atoms with Crippen LogP contribution in [0.1, 0.15) is 16.1 Å². The van der Waals surface area contributed by atoms with Crippen molar-refractivity contribution in [3.8, 4) is 5.75 Å². The summed E-state index contributed by atoms with van der Waals surface area (Å²) in [5.41, 5.74) is 2.42. The third-order valence-electron chi connectivity index (χ3n) is 5.06. The number of aromatic nitrogens is 1. The van der Waals surface area contributed by atoms with Crippen LogP contribution < -0.4 is 4.74 Å². The molecule has 4 rings (SSSR count). The van der Waals surface area contributed by atoms with Crippen molar-refractivity contribution in [1.29, 1.82) is 0 Å². The van der Waals surface area contributed by atoms with Gasteiger partial charge in [0.25, 0.3) is 5.91 Å². The second-order valence-electron chi connectivity index (χ2n) is 6.79. The van der Waals surface area contributed by atoms with E-state index in [2.05, 4.69) is 9.88 Å². The zero-order valence-corrected chi connectivity index (χ0v) is 15.2. The molecule has 27 heavy (non-hydrogen) atoms. The fourth-order valence-corrected chi connectivity index (χ4v) is 3.58. The van der Waals surface area contributed by atoms with E-state index in [1.807, 2.05) is 35.2 Å². The van der Waals surface area contributed by atoms with E-state index in [1.165, 1.54) is 12.1 Å². The number of ether oxygens (including phenoxy) is 1. The van der Waals surface area contributed by atoms with E-state index in [1.54, 1.807) is 13.2 Å². The molecule has 2 heterocycles. The second-order valence-corrected chi connectivity index (χ2v) is 6.79. The van der Waals surface area contributed by atoms with Gasteiger partial charge in [0.1, 0.15) is 17.3 Å². The van der Waals surface area contributed by atoms with E-state index >= 15 is 0 Å². The topological polar surface area (TPSA) is 48.6 Å². The Morgan fingerprint density at radius 1 is 1.11 bits per heavy atom.